The number of aromatic nitrogens is 1. The maximum atomic E-state index is 10.8. The zero-order chi connectivity index (χ0) is 19.1. The molecule has 0 aliphatic heterocycles. The Hall–Kier alpha value is -2.20. The van der Waals surface area contributed by atoms with Crippen LogP contribution in [-0.4, -0.2) is 16.3 Å². The smallest absolute Gasteiger partial charge is 0.210 e. The van der Waals surface area contributed by atoms with E-state index in [4.69, 9.17) is 0 Å². The van der Waals surface area contributed by atoms with Crippen LogP contribution in [0.2, 0.25) is 0 Å². The Labute approximate surface area is 159 Å². The van der Waals surface area contributed by atoms with Crippen LogP contribution in [0, 0.1) is 0 Å². The van der Waals surface area contributed by atoms with E-state index in [1.165, 1.54) is 5.56 Å². The van der Waals surface area contributed by atoms with Crippen LogP contribution in [0.1, 0.15) is 58.2 Å². The van der Waals surface area contributed by atoms with Crippen molar-refractivity contribution in [2.45, 2.75) is 52.4 Å². The van der Waals surface area contributed by atoms with Crippen molar-refractivity contribution < 1.29 is 5.11 Å². The molecule has 0 aliphatic carbocycles. The number of rotatable bonds is 2. The van der Waals surface area contributed by atoms with Crippen molar-refractivity contribution in [3.63, 3.8) is 0 Å². The summed E-state index contributed by atoms with van der Waals surface area (Å²) < 4.78 is 1.11. The van der Waals surface area contributed by atoms with E-state index in [2.05, 4.69) is 57.6 Å². The zero-order valence-corrected chi connectivity index (χ0v) is 17.1. The van der Waals surface area contributed by atoms with Crippen LogP contribution < -0.4 is 0 Å². The van der Waals surface area contributed by atoms with Gasteiger partial charge in [0.15, 0.2) is 0 Å². The van der Waals surface area contributed by atoms with Gasteiger partial charge in [-0.3, -0.25) is 0 Å². The molecule has 3 aromatic rings. The Morgan fingerprint density at radius 2 is 1.69 bits per heavy atom. The van der Waals surface area contributed by atoms with E-state index in [-0.39, 0.29) is 10.8 Å². The number of aromatic hydroxyl groups is 1. The topological polar surface area (TPSA) is 45.5 Å². The van der Waals surface area contributed by atoms with Gasteiger partial charge in [-0.15, -0.1) is 0 Å². The molecule has 0 bridgehead atoms. The molecule has 0 saturated carbocycles. The summed E-state index contributed by atoms with van der Waals surface area (Å²) in [6, 6.07) is 12.2. The third-order valence-electron chi connectivity index (χ3n) is 4.41. The number of benzene rings is 2. The average molecular weight is 367 g/mol. The molecular formula is C22H26N2OS. The van der Waals surface area contributed by atoms with Gasteiger partial charge < -0.3 is 5.11 Å². The van der Waals surface area contributed by atoms with E-state index in [0.29, 0.717) is 10.9 Å². The first kappa shape index (κ1) is 18.6. The summed E-state index contributed by atoms with van der Waals surface area (Å²) in [6.07, 6.45) is 1.73. The molecule has 3 rings (SSSR count). The molecule has 1 heterocycles. The number of aliphatic imine (C=N–C) groups is 1. The van der Waals surface area contributed by atoms with Crippen molar-refractivity contribution in [1.29, 1.82) is 0 Å². The fourth-order valence-corrected chi connectivity index (χ4v) is 3.61. The summed E-state index contributed by atoms with van der Waals surface area (Å²) in [6.45, 7) is 12.9. The molecule has 1 aromatic heterocycles. The molecule has 0 spiro atoms. The average Bonchev–Trinajstić information content (AvgIpc) is 2.94. The number of phenols is 1. The normalized spacial score (nSPS) is 13.0. The molecule has 26 heavy (non-hydrogen) atoms. The van der Waals surface area contributed by atoms with Crippen LogP contribution in [0.25, 0.3) is 10.2 Å². The lowest BCUT2D eigenvalue weighted by molar-refractivity contribution is 0.444. The van der Waals surface area contributed by atoms with Crippen molar-refractivity contribution in [3.05, 3.63) is 53.1 Å². The van der Waals surface area contributed by atoms with E-state index in [0.717, 1.165) is 21.3 Å². The highest BCUT2D eigenvalue weighted by Crippen LogP contribution is 2.37. The third-order valence-corrected chi connectivity index (χ3v) is 5.35. The fourth-order valence-electron chi connectivity index (χ4n) is 2.80. The highest BCUT2D eigenvalue weighted by molar-refractivity contribution is 7.22. The van der Waals surface area contributed by atoms with Gasteiger partial charge in [0.25, 0.3) is 0 Å². The van der Waals surface area contributed by atoms with Crippen LogP contribution >= 0.6 is 11.3 Å². The molecule has 0 fully saturated rings. The minimum Gasteiger partial charge on any atom is -0.507 e. The van der Waals surface area contributed by atoms with E-state index in [1.807, 2.05) is 30.3 Å². The number of phenolic OH excluding ortho intramolecular Hbond substituents is 1. The maximum Gasteiger partial charge on any atom is 0.210 e. The number of hydrogen-bond acceptors (Lipinski definition) is 4. The lowest BCUT2D eigenvalue weighted by Crippen LogP contribution is -2.17. The summed E-state index contributed by atoms with van der Waals surface area (Å²) in [5, 5.41) is 11.5. The quantitative estimate of drug-likeness (QED) is 0.537. The fraction of sp³-hybridized carbons (Fsp3) is 0.364. The second-order valence-corrected chi connectivity index (χ2v) is 9.69. The first-order chi connectivity index (χ1) is 12.1. The second kappa shape index (κ2) is 6.51. The SMILES string of the molecule is CC(C)(C)c1cc(C=Nc2nc3ccccc3s2)c(O)c(C(C)(C)C)c1. The van der Waals surface area contributed by atoms with Crippen molar-refractivity contribution >= 4 is 32.9 Å². The van der Waals surface area contributed by atoms with Crippen LogP contribution in [0.4, 0.5) is 5.13 Å². The summed E-state index contributed by atoms with van der Waals surface area (Å²) in [7, 11) is 0. The number of thiazole rings is 1. The van der Waals surface area contributed by atoms with E-state index >= 15 is 0 Å². The van der Waals surface area contributed by atoms with Crippen LogP contribution in [0.3, 0.4) is 0 Å². The third kappa shape index (κ3) is 3.80. The number of para-hydroxylation sites is 1. The number of fused-ring (bicyclic) bond motifs is 1. The summed E-state index contributed by atoms with van der Waals surface area (Å²) in [5.74, 6) is 0.301. The van der Waals surface area contributed by atoms with Crippen molar-refractivity contribution in [1.82, 2.24) is 4.98 Å². The van der Waals surface area contributed by atoms with Gasteiger partial charge in [0.1, 0.15) is 5.75 Å². The summed E-state index contributed by atoms with van der Waals surface area (Å²) >= 11 is 1.55. The van der Waals surface area contributed by atoms with Crippen molar-refractivity contribution in [3.8, 4) is 5.75 Å². The Morgan fingerprint density at radius 1 is 1.00 bits per heavy atom. The monoisotopic (exact) mass is 366 g/mol. The second-order valence-electron chi connectivity index (χ2n) is 8.68. The molecule has 4 heteroatoms. The Kier molecular flexibility index (Phi) is 4.65. The van der Waals surface area contributed by atoms with Gasteiger partial charge >= 0.3 is 0 Å². The van der Waals surface area contributed by atoms with Gasteiger partial charge in [0.2, 0.25) is 5.13 Å². The minimum absolute atomic E-state index is 0.00779. The number of hydrogen-bond donors (Lipinski definition) is 1. The predicted molar refractivity (Wildman–Crippen MR) is 112 cm³/mol. The lowest BCUT2D eigenvalue weighted by Gasteiger charge is -2.26. The van der Waals surface area contributed by atoms with Gasteiger partial charge in [-0.25, -0.2) is 9.98 Å². The first-order valence-corrected chi connectivity index (χ1v) is 9.65. The van der Waals surface area contributed by atoms with Crippen LogP contribution in [0.15, 0.2) is 41.4 Å². The van der Waals surface area contributed by atoms with Gasteiger partial charge in [-0.05, 0) is 34.6 Å². The molecular weight excluding hydrogens is 340 g/mol. The van der Waals surface area contributed by atoms with Crippen molar-refractivity contribution in [2.75, 3.05) is 0 Å². The standard InChI is InChI=1S/C22H26N2OS/c1-21(2,3)15-11-14(19(25)16(12-15)22(4,5)6)13-23-20-24-17-9-7-8-10-18(17)26-20/h7-13,25H,1-6H3. The van der Waals surface area contributed by atoms with Gasteiger partial charge in [-0.2, -0.15) is 0 Å². The van der Waals surface area contributed by atoms with E-state index in [9.17, 15) is 5.11 Å². The Morgan fingerprint density at radius 3 is 2.31 bits per heavy atom. The maximum absolute atomic E-state index is 10.8. The highest BCUT2D eigenvalue weighted by Gasteiger charge is 2.24. The van der Waals surface area contributed by atoms with Crippen LogP contribution in [0.5, 0.6) is 5.75 Å². The molecule has 0 atom stereocenters. The molecule has 2 aromatic carbocycles. The molecule has 0 radical (unpaired) electrons. The summed E-state index contributed by atoms with van der Waals surface area (Å²) in [4.78, 5) is 9.08. The lowest BCUT2D eigenvalue weighted by atomic mass is 9.79. The van der Waals surface area contributed by atoms with Gasteiger partial charge in [-0.1, -0.05) is 71.1 Å². The van der Waals surface area contributed by atoms with Crippen molar-refractivity contribution in [2.24, 2.45) is 4.99 Å². The van der Waals surface area contributed by atoms with E-state index < -0.39 is 0 Å². The molecule has 0 amide bonds. The first-order valence-electron chi connectivity index (χ1n) is 8.83. The van der Waals surface area contributed by atoms with Gasteiger partial charge in [0.05, 0.1) is 10.2 Å². The predicted octanol–water partition coefficient (Wildman–Crippen LogP) is 6.35. The summed E-state index contributed by atoms with van der Waals surface area (Å²) in [5.41, 5.74) is 3.66. The molecule has 1 N–H and O–H groups in total. The molecule has 0 saturated heterocycles. The van der Waals surface area contributed by atoms with Crippen LogP contribution in [-0.2, 0) is 10.8 Å². The van der Waals surface area contributed by atoms with Gasteiger partial charge in [0, 0.05) is 17.3 Å². The Bertz CT molecular complexity index is 939. The minimum atomic E-state index is -0.149. The molecule has 3 nitrogen and oxygen atoms in total. The zero-order valence-electron chi connectivity index (χ0n) is 16.3. The molecule has 136 valence electrons. The Balaban J connectivity index is 2.08. The number of nitrogens with zero attached hydrogens (tertiary/aromatic N) is 2. The molecule has 0 unspecified atom stereocenters. The highest BCUT2D eigenvalue weighted by atomic mass is 32.1. The van der Waals surface area contributed by atoms with E-state index in [1.54, 1.807) is 17.6 Å². The largest absolute Gasteiger partial charge is 0.507 e. The molecule has 0 aliphatic rings.